The van der Waals surface area contributed by atoms with E-state index in [-0.39, 0.29) is 17.9 Å². The minimum atomic E-state index is -0.118. The first kappa shape index (κ1) is 21.9. The van der Waals surface area contributed by atoms with Crippen molar-refractivity contribution in [1.82, 2.24) is 9.97 Å². The van der Waals surface area contributed by atoms with Crippen LogP contribution in [0.3, 0.4) is 0 Å². The van der Waals surface area contributed by atoms with Crippen LogP contribution in [0, 0.1) is 5.41 Å². The first-order valence-corrected chi connectivity index (χ1v) is 9.83. The van der Waals surface area contributed by atoms with Gasteiger partial charge >= 0.3 is 0 Å². The smallest absolute Gasteiger partial charge is 0.132 e. The highest BCUT2D eigenvalue weighted by molar-refractivity contribution is 6.13. The molecule has 1 saturated heterocycles. The molecule has 2 atom stereocenters. The van der Waals surface area contributed by atoms with E-state index < -0.39 is 0 Å². The lowest BCUT2D eigenvalue weighted by Gasteiger charge is -2.33. The van der Waals surface area contributed by atoms with E-state index in [1.807, 2.05) is 6.92 Å². The molecule has 0 bridgehead atoms. The summed E-state index contributed by atoms with van der Waals surface area (Å²) in [6, 6.07) is 7.08. The molecule has 1 aromatic heterocycles. The highest BCUT2D eigenvalue weighted by Gasteiger charge is 2.22. The lowest BCUT2D eigenvalue weighted by molar-refractivity contribution is -0.0102. The zero-order valence-electron chi connectivity index (χ0n) is 17.6. The van der Waals surface area contributed by atoms with Crippen LogP contribution >= 0.6 is 0 Å². The van der Waals surface area contributed by atoms with Gasteiger partial charge in [-0.25, -0.2) is 9.97 Å². The second kappa shape index (κ2) is 10.3. The van der Waals surface area contributed by atoms with E-state index in [1.165, 1.54) is 6.33 Å². The number of nitrogen functional groups attached to an aromatic ring is 1. The summed E-state index contributed by atoms with van der Waals surface area (Å²) in [6.45, 7) is 4.88. The Bertz CT molecular complexity index is 861. The summed E-state index contributed by atoms with van der Waals surface area (Å²) >= 11 is 0. The Balaban J connectivity index is 1.79. The van der Waals surface area contributed by atoms with Crippen molar-refractivity contribution in [3.63, 3.8) is 0 Å². The van der Waals surface area contributed by atoms with Gasteiger partial charge in [-0.1, -0.05) is 0 Å². The molecule has 1 aliphatic rings. The van der Waals surface area contributed by atoms with Crippen molar-refractivity contribution in [3.05, 3.63) is 41.9 Å². The van der Waals surface area contributed by atoms with Crippen LogP contribution in [0.5, 0.6) is 5.75 Å². The van der Waals surface area contributed by atoms with E-state index >= 15 is 0 Å². The van der Waals surface area contributed by atoms with Crippen LogP contribution in [0.4, 0.5) is 11.5 Å². The lowest BCUT2D eigenvalue weighted by Crippen LogP contribution is -2.44. The zero-order chi connectivity index (χ0) is 21.5. The summed E-state index contributed by atoms with van der Waals surface area (Å²) in [6.07, 6.45) is 1.34. The summed E-state index contributed by atoms with van der Waals surface area (Å²) in [4.78, 5) is 10.8. The number of anilines is 2. The highest BCUT2D eigenvalue weighted by atomic mass is 16.5. The minimum absolute atomic E-state index is 0.0137. The van der Waals surface area contributed by atoms with Crippen molar-refractivity contribution in [2.24, 2.45) is 0 Å². The molecule has 0 amide bonds. The molecular weight excluding hydrogens is 386 g/mol. The van der Waals surface area contributed by atoms with Crippen LogP contribution in [0.25, 0.3) is 0 Å². The van der Waals surface area contributed by atoms with Crippen LogP contribution < -0.4 is 15.4 Å². The van der Waals surface area contributed by atoms with Gasteiger partial charge in [-0.2, -0.15) is 0 Å². The number of benzene rings is 1. The molecule has 30 heavy (non-hydrogen) atoms. The van der Waals surface area contributed by atoms with E-state index in [1.54, 1.807) is 38.5 Å². The second-order valence-electron chi connectivity index (χ2n) is 7.16. The average molecular weight is 415 g/mol. The third-order valence-corrected chi connectivity index (χ3v) is 4.76. The van der Waals surface area contributed by atoms with Gasteiger partial charge in [-0.3, -0.25) is 5.41 Å². The number of ether oxygens (including phenoxy) is 4. The van der Waals surface area contributed by atoms with Gasteiger partial charge in [-0.15, -0.1) is 0 Å². The molecule has 0 radical (unpaired) electrons. The Morgan fingerprint density at radius 1 is 1.30 bits per heavy atom. The maximum absolute atomic E-state index is 8.67. The van der Waals surface area contributed by atoms with Crippen LogP contribution in [-0.4, -0.2) is 75.0 Å². The van der Waals surface area contributed by atoms with Crippen LogP contribution in [0.2, 0.25) is 0 Å². The zero-order valence-corrected chi connectivity index (χ0v) is 17.6. The number of rotatable bonds is 9. The first-order valence-electron chi connectivity index (χ1n) is 9.83. The Labute approximate surface area is 176 Å². The predicted molar refractivity (Wildman–Crippen MR) is 115 cm³/mol. The predicted octanol–water partition coefficient (Wildman–Crippen LogP) is 1.74. The Morgan fingerprint density at radius 2 is 2.13 bits per heavy atom. The van der Waals surface area contributed by atoms with Gasteiger partial charge < -0.3 is 29.6 Å². The molecule has 3 rings (SSSR count). The van der Waals surface area contributed by atoms with Gasteiger partial charge in [-0.05, 0) is 25.1 Å². The molecule has 9 nitrogen and oxygen atoms in total. The number of methoxy groups -OCH3 is 2. The van der Waals surface area contributed by atoms with Gasteiger partial charge in [0.2, 0.25) is 0 Å². The van der Waals surface area contributed by atoms with Crippen molar-refractivity contribution < 1.29 is 18.9 Å². The molecule has 0 aliphatic carbocycles. The molecule has 1 aromatic carbocycles. The number of morpholine rings is 1. The summed E-state index contributed by atoms with van der Waals surface area (Å²) < 4.78 is 21.9. The quantitative estimate of drug-likeness (QED) is 0.470. The third kappa shape index (κ3) is 5.44. The minimum Gasteiger partial charge on any atom is -0.488 e. The fourth-order valence-electron chi connectivity index (χ4n) is 3.34. The summed E-state index contributed by atoms with van der Waals surface area (Å²) in [7, 11) is 3.29. The highest BCUT2D eigenvalue weighted by Crippen LogP contribution is 2.24. The van der Waals surface area contributed by atoms with Crippen molar-refractivity contribution in [1.29, 1.82) is 5.41 Å². The van der Waals surface area contributed by atoms with Crippen LogP contribution in [0.1, 0.15) is 18.2 Å². The topological polar surface area (TPSA) is 116 Å². The summed E-state index contributed by atoms with van der Waals surface area (Å²) in [5, 5.41) is 8.67. The number of aromatic nitrogens is 2. The molecular formula is C21H29N5O4. The van der Waals surface area contributed by atoms with E-state index in [4.69, 9.17) is 30.1 Å². The normalized spacial score (nSPS) is 17.6. The molecule has 1 unspecified atom stereocenters. The van der Waals surface area contributed by atoms with E-state index in [9.17, 15) is 0 Å². The summed E-state index contributed by atoms with van der Waals surface area (Å²) in [5.74, 6) is 1.37. The molecule has 1 fully saturated rings. The summed E-state index contributed by atoms with van der Waals surface area (Å²) in [5.41, 5.74) is 7.89. The number of nitrogens with zero attached hydrogens (tertiary/aromatic N) is 3. The third-order valence-electron chi connectivity index (χ3n) is 4.76. The van der Waals surface area contributed by atoms with Crippen molar-refractivity contribution in [2.75, 3.05) is 57.8 Å². The first-order chi connectivity index (χ1) is 14.5. The van der Waals surface area contributed by atoms with Gasteiger partial charge in [0, 0.05) is 44.6 Å². The molecule has 2 heterocycles. The second-order valence-corrected chi connectivity index (χ2v) is 7.16. The Hall–Kier alpha value is -2.75. The van der Waals surface area contributed by atoms with Gasteiger partial charge in [0.05, 0.1) is 37.3 Å². The molecule has 2 aromatic rings. The van der Waals surface area contributed by atoms with Gasteiger partial charge in [0.25, 0.3) is 0 Å². The molecule has 1 aliphatic heterocycles. The maximum Gasteiger partial charge on any atom is 0.132 e. The average Bonchev–Trinajstić information content (AvgIpc) is 2.75. The van der Waals surface area contributed by atoms with Crippen LogP contribution in [-0.2, 0) is 14.2 Å². The van der Waals surface area contributed by atoms with Crippen molar-refractivity contribution in [2.45, 2.75) is 19.1 Å². The molecule has 9 heteroatoms. The molecule has 0 saturated carbocycles. The number of nitrogens with two attached hydrogens (primary N) is 1. The van der Waals surface area contributed by atoms with E-state index in [0.29, 0.717) is 55.6 Å². The van der Waals surface area contributed by atoms with Gasteiger partial charge in [0.1, 0.15) is 24.0 Å². The number of hydrogen-bond donors (Lipinski definition) is 2. The number of nitrogens with one attached hydrogen (secondary N) is 1. The van der Waals surface area contributed by atoms with Gasteiger partial charge in [0.15, 0.2) is 0 Å². The van der Waals surface area contributed by atoms with Crippen molar-refractivity contribution in [3.8, 4) is 5.75 Å². The largest absolute Gasteiger partial charge is 0.488 e. The van der Waals surface area contributed by atoms with Crippen LogP contribution in [0.15, 0.2) is 30.6 Å². The maximum atomic E-state index is 8.67. The Kier molecular flexibility index (Phi) is 7.56. The molecule has 162 valence electrons. The fraction of sp³-hybridized carbons (Fsp3) is 0.476. The number of hydrogen-bond acceptors (Lipinski definition) is 9. The fourth-order valence-corrected chi connectivity index (χ4v) is 3.34. The van der Waals surface area contributed by atoms with E-state index in [2.05, 4.69) is 14.9 Å². The SMILES string of the molecule is COCC1CN(c2cc(C(=N)c3cc(O[C@@H](C)COC)ccc3N)ncn2)CCO1. The lowest BCUT2D eigenvalue weighted by atomic mass is 10.0. The standard InChI is InChI=1S/C21H29N5O4/c1-14(11-27-2)30-15-4-5-18(22)17(8-15)21(23)19-9-20(25-13-24-19)26-6-7-29-16(10-26)12-28-3/h4-5,8-9,13-14,16,23H,6-7,10-12,22H2,1-3H3/t14-,16?/m0/s1. The van der Waals surface area contributed by atoms with Crippen molar-refractivity contribution >= 4 is 17.2 Å². The molecule has 0 spiro atoms. The van der Waals surface area contributed by atoms with E-state index in [0.717, 1.165) is 5.82 Å². The monoisotopic (exact) mass is 415 g/mol. The molecule has 3 N–H and O–H groups in total. The Morgan fingerprint density at radius 3 is 2.90 bits per heavy atom.